The van der Waals surface area contributed by atoms with Gasteiger partial charge in [0.05, 0.1) is 0 Å². The highest BCUT2D eigenvalue weighted by atomic mass is 19.4. The fourth-order valence-electron chi connectivity index (χ4n) is 0.770. The summed E-state index contributed by atoms with van der Waals surface area (Å²) in [4.78, 5) is 7.99. The Morgan fingerprint density at radius 3 is 2.79 bits per heavy atom. The lowest BCUT2D eigenvalue weighted by Crippen LogP contribution is -2.24. The summed E-state index contributed by atoms with van der Waals surface area (Å²) in [5, 5.41) is 0. The monoisotopic (exact) mass is 206 g/mol. The quantitative estimate of drug-likeness (QED) is 0.601. The predicted octanol–water partition coefficient (Wildman–Crippen LogP) is 1.67. The third kappa shape index (κ3) is 4.78. The number of hydroxylamine groups is 1. The van der Waals surface area contributed by atoms with Gasteiger partial charge in [0, 0.05) is 18.9 Å². The van der Waals surface area contributed by atoms with Gasteiger partial charge in [0.1, 0.15) is 0 Å². The van der Waals surface area contributed by atoms with Crippen LogP contribution < -0.4 is 5.48 Å². The zero-order valence-corrected chi connectivity index (χ0v) is 7.21. The fourth-order valence-corrected chi connectivity index (χ4v) is 0.770. The highest BCUT2D eigenvalue weighted by molar-refractivity contribution is 5.07. The number of pyridine rings is 1. The van der Waals surface area contributed by atoms with Crippen LogP contribution in [0.4, 0.5) is 13.2 Å². The highest BCUT2D eigenvalue weighted by Crippen LogP contribution is 2.13. The standard InChI is InChI=1S/C8H9F3N2O/c9-8(10,11)6-14-13-5-7-2-1-3-12-4-7/h1-4,13H,5-6H2. The minimum absolute atomic E-state index is 0.198. The minimum atomic E-state index is -4.30. The van der Waals surface area contributed by atoms with Crippen LogP contribution >= 0.6 is 0 Å². The number of halogens is 3. The number of rotatable bonds is 4. The van der Waals surface area contributed by atoms with Crippen LogP contribution in [0.2, 0.25) is 0 Å². The maximum absolute atomic E-state index is 11.6. The van der Waals surface area contributed by atoms with Crippen LogP contribution in [0.5, 0.6) is 0 Å². The maximum atomic E-state index is 11.6. The lowest BCUT2D eigenvalue weighted by atomic mass is 10.3. The third-order valence-corrected chi connectivity index (χ3v) is 1.34. The van der Waals surface area contributed by atoms with E-state index in [0.29, 0.717) is 0 Å². The number of nitrogens with zero attached hydrogens (tertiary/aromatic N) is 1. The van der Waals surface area contributed by atoms with Crippen molar-refractivity contribution in [2.75, 3.05) is 6.61 Å². The van der Waals surface area contributed by atoms with Crippen molar-refractivity contribution in [3.05, 3.63) is 30.1 Å². The molecule has 1 heterocycles. The summed E-state index contributed by atoms with van der Waals surface area (Å²) < 4.78 is 34.8. The highest BCUT2D eigenvalue weighted by Gasteiger charge is 2.27. The molecule has 3 nitrogen and oxygen atoms in total. The molecule has 6 heteroatoms. The lowest BCUT2D eigenvalue weighted by molar-refractivity contribution is -0.190. The summed E-state index contributed by atoms with van der Waals surface area (Å²) in [6, 6.07) is 3.43. The van der Waals surface area contributed by atoms with E-state index in [9.17, 15) is 13.2 Å². The van der Waals surface area contributed by atoms with E-state index < -0.39 is 12.8 Å². The number of hydrogen-bond acceptors (Lipinski definition) is 3. The average molecular weight is 206 g/mol. The zero-order chi connectivity index (χ0) is 10.4. The molecule has 1 N–H and O–H groups in total. The minimum Gasteiger partial charge on any atom is -0.292 e. The Labute approximate surface area is 78.9 Å². The second-order valence-electron chi connectivity index (χ2n) is 2.59. The Hall–Kier alpha value is -1.14. The van der Waals surface area contributed by atoms with Crippen molar-refractivity contribution < 1.29 is 18.0 Å². The molecular weight excluding hydrogens is 197 g/mol. The van der Waals surface area contributed by atoms with Gasteiger partial charge >= 0.3 is 6.18 Å². The summed E-state index contributed by atoms with van der Waals surface area (Å²) >= 11 is 0. The molecule has 0 aliphatic heterocycles. The molecule has 0 aliphatic carbocycles. The topological polar surface area (TPSA) is 34.1 Å². The third-order valence-electron chi connectivity index (χ3n) is 1.34. The van der Waals surface area contributed by atoms with Gasteiger partial charge in [0.15, 0.2) is 6.61 Å². The van der Waals surface area contributed by atoms with Gasteiger partial charge in [-0.25, -0.2) is 0 Å². The Balaban J connectivity index is 2.17. The molecule has 0 saturated carbocycles. The fraction of sp³-hybridized carbons (Fsp3) is 0.375. The van der Waals surface area contributed by atoms with Crippen molar-refractivity contribution in [1.29, 1.82) is 0 Å². The van der Waals surface area contributed by atoms with Gasteiger partial charge in [-0.1, -0.05) is 6.07 Å². The SMILES string of the molecule is FC(F)(F)CONCc1cccnc1. The molecule has 14 heavy (non-hydrogen) atoms. The molecular formula is C8H9F3N2O. The van der Waals surface area contributed by atoms with Crippen LogP contribution in [-0.2, 0) is 11.4 Å². The van der Waals surface area contributed by atoms with E-state index in [-0.39, 0.29) is 6.54 Å². The summed E-state index contributed by atoms with van der Waals surface area (Å²) in [5.41, 5.74) is 2.96. The molecule has 0 spiro atoms. The van der Waals surface area contributed by atoms with Crippen molar-refractivity contribution in [3.8, 4) is 0 Å². The van der Waals surface area contributed by atoms with Crippen molar-refractivity contribution in [2.45, 2.75) is 12.7 Å². The first kappa shape index (κ1) is 10.9. The Bertz CT molecular complexity index is 263. The van der Waals surface area contributed by atoms with Crippen LogP contribution in [0.15, 0.2) is 24.5 Å². The molecule has 0 aromatic carbocycles. The van der Waals surface area contributed by atoms with Gasteiger partial charge < -0.3 is 0 Å². The first-order valence-electron chi connectivity index (χ1n) is 3.88. The van der Waals surface area contributed by atoms with E-state index in [1.165, 1.54) is 0 Å². The number of hydrogen-bond donors (Lipinski definition) is 1. The molecule has 0 atom stereocenters. The first-order valence-corrected chi connectivity index (χ1v) is 3.88. The summed E-state index contributed by atoms with van der Waals surface area (Å²) in [5.74, 6) is 0. The number of aromatic nitrogens is 1. The normalized spacial score (nSPS) is 11.6. The molecule has 1 aromatic rings. The van der Waals surface area contributed by atoms with Crippen LogP contribution in [-0.4, -0.2) is 17.8 Å². The van der Waals surface area contributed by atoms with E-state index in [1.54, 1.807) is 24.5 Å². The summed E-state index contributed by atoms with van der Waals surface area (Å²) in [6.07, 6.45) is -1.17. The van der Waals surface area contributed by atoms with Crippen molar-refractivity contribution >= 4 is 0 Å². The van der Waals surface area contributed by atoms with Crippen LogP contribution in [0.1, 0.15) is 5.56 Å². The van der Waals surface area contributed by atoms with Crippen molar-refractivity contribution in [2.24, 2.45) is 0 Å². The van der Waals surface area contributed by atoms with Gasteiger partial charge in [0.25, 0.3) is 0 Å². The second-order valence-corrected chi connectivity index (χ2v) is 2.59. The molecule has 0 amide bonds. The molecule has 0 unspecified atom stereocenters. The Morgan fingerprint density at radius 2 is 2.21 bits per heavy atom. The van der Waals surface area contributed by atoms with Gasteiger partial charge in [-0.05, 0) is 11.6 Å². The van der Waals surface area contributed by atoms with Gasteiger partial charge in [-0.15, -0.1) is 0 Å². The van der Waals surface area contributed by atoms with Crippen molar-refractivity contribution in [1.82, 2.24) is 10.5 Å². The molecule has 0 radical (unpaired) electrons. The Morgan fingerprint density at radius 1 is 1.43 bits per heavy atom. The molecule has 0 bridgehead atoms. The van der Waals surface area contributed by atoms with Crippen LogP contribution in [0.25, 0.3) is 0 Å². The Kier molecular flexibility index (Phi) is 3.84. The van der Waals surface area contributed by atoms with E-state index in [1.807, 2.05) is 0 Å². The molecule has 78 valence electrons. The number of alkyl halides is 3. The molecule has 0 saturated heterocycles. The predicted molar refractivity (Wildman–Crippen MR) is 43.1 cm³/mol. The van der Waals surface area contributed by atoms with E-state index >= 15 is 0 Å². The molecule has 1 rings (SSSR count). The van der Waals surface area contributed by atoms with E-state index in [4.69, 9.17) is 0 Å². The largest absolute Gasteiger partial charge is 0.413 e. The summed E-state index contributed by atoms with van der Waals surface area (Å²) in [6.45, 7) is -1.10. The smallest absolute Gasteiger partial charge is 0.292 e. The second kappa shape index (κ2) is 4.92. The van der Waals surface area contributed by atoms with E-state index in [2.05, 4.69) is 15.3 Å². The van der Waals surface area contributed by atoms with Crippen LogP contribution in [0, 0.1) is 0 Å². The summed E-state index contributed by atoms with van der Waals surface area (Å²) in [7, 11) is 0. The van der Waals surface area contributed by atoms with Gasteiger partial charge in [0.2, 0.25) is 0 Å². The first-order chi connectivity index (χ1) is 6.58. The number of nitrogens with one attached hydrogen (secondary N) is 1. The molecule has 1 aromatic heterocycles. The van der Waals surface area contributed by atoms with Gasteiger partial charge in [-0.2, -0.15) is 18.7 Å². The molecule has 0 fully saturated rings. The zero-order valence-electron chi connectivity index (χ0n) is 7.21. The lowest BCUT2D eigenvalue weighted by Gasteiger charge is -2.07. The molecule has 0 aliphatic rings. The van der Waals surface area contributed by atoms with Gasteiger partial charge in [-0.3, -0.25) is 9.82 Å². The van der Waals surface area contributed by atoms with Crippen molar-refractivity contribution in [3.63, 3.8) is 0 Å². The maximum Gasteiger partial charge on any atom is 0.413 e. The van der Waals surface area contributed by atoms with E-state index in [0.717, 1.165) is 5.56 Å². The average Bonchev–Trinajstić information content (AvgIpc) is 2.13. The van der Waals surface area contributed by atoms with Crippen LogP contribution in [0.3, 0.4) is 0 Å².